The standard InChI is InChI=1S/C23H22FN5O3S/c1-15-16(2)27-29(17(15)3)22-12-13-23(26-25-22)32-21-10-8-20(9-11-21)28-33(30,31)14-18-4-6-19(24)7-5-18/h4-13,28H,14H2,1-3H3. The van der Waals surface area contributed by atoms with Crippen LogP contribution in [0.15, 0.2) is 60.7 Å². The third kappa shape index (κ3) is 5.35. The van der Waals surface area contributed by atoms with Crippen molar-refractivity contribution >= 4 is 15.7 Å². The Morgan fingerprint density at radius 1 is 0.939 bits per heavy atom. The molecule has 4 rings (SSSR count). The lowest BCUT2D eigenvalue weighted by atomic mass is 10.2. The van der Waals surface area contributed by atoms with E-state index in [1.165, 1.54) is 24.3 Å². The van der Waals surface area contributed by atoms with Crippen molar-refractivity contribution in [1.29, 1.82) is 0 Å². The van der Waals surface area contributed by atoms with Gasteiger partial charge in [0.25, 0.3) is 0 Å². The summed E-state index contributed by atoms with van der Waals surface area (Å²) in [6.45, 7) is 5.92. The molecule has 8 nitrogen and oxygen atoms in total. The highest BCUT2D eigenvalue weighted by Crippen LogP contribution is 2.23. The van der Waals surface area contributed by atoms with Gasteiger partial charge in [-0.05, 0) is 74.4 Å². The minimum atomic E-state index is -3.65. The van der Waals surface area contributed by atoms with Crippen LogP contribution in [-0.2, 0) is 15.8 Å². The number of aromatic nitrogens is 4. The third-order valence-corrected chi connectivity index (χ3v) is 6.38. The predicted molar refractivity (Wildman–Crippen MR) is 123 cm³/mol. The second-order valence-corrected chi connectivity index (χ2v) is 9.27. The molecule has 0 aliphatic carbocycles. The van der Waals surface area contributed by atoms with Crippen LogP contribution < -0.4 is 9.46 Å². The van der Waals surface area contributed by atoms with Crippen molar-refractivity contribution in [2.45, 2.75) is 26.5 Å². The fraction of sp³-hybridized carbons (Fsp3) is 0.174. The van der Waals surface area contributed by atoms with E-state index in [1.807, 2.05) is 20.8 Å². The van der Waals surface area contributed by atoms with Crippen molar-refractivity contribution in [3.63, 3.8) is 0 Å². The van der Waals surface area contributed by atoms with Crippen molar-refractivity contribution in [3.05, 3.63) is 89.0 Å². The van der Waals surface area contributed by atoms with Gasteiger partial charge >= 0.3 is 0 Å². The molecule has 170 valence electrons. The van der Waals surface area contributed by atoms with E-state index in [-0.39, 0.29) is 5.75 Å². The van der Waals surface area contributed by atoms with Crippen molar-refractivity contribution in [3.8, 4) is 17.4 Å². The summed E-state index contributed by atoms with van der Waals surface area (Å²) < 4.78 is 47.7. The maximum Gasteiger partial charge on any atom is 0.238 e. The van der Waals surface area contributed by atoms with E-state index in [0.29, 0.717) is 28.7 Å². The van der Waals surface area contributed by atoms with Gasteiger partial charge in [0, 0.05) is 17.4 Å². The Morgan fingerprint density at radius 2 is 1.64 bits per heavy atom. The summed E-state index contributed by atoms with van der Waals surface area (Å²) in [5.74, 6) is 0.673. The van der Waals surface area contributed by atoms with Crippen LogP contribution >= 0.6 is 0 Å². The van der Waals surface area contributed by atoms with E-state index >= 15 is 0 Å². The summed E-state index contributed by atoms with van der Waals surface area (Å²) >= 11 is 0. The van der Waals surface area contributed by atoms with E-state index in [4.69, 9.17) is 4.74 Å². The Kier molecular flexibility index (Phi) is 6.10. The Labute approximate surface area is 191 Å². The molecule has 0 aliphatic rings. The molecule has 1 N–H and O–H groups in total. The summed E-state index contributed by atoms with van der Waals surface area (Å²) in [5, 5.41) is 12.7. The first-order valence-corrected chi connectivity index (χ1v) is 11.8. The maximum atomic E-state index is 13.0. The quantitative estimate of drug-likeness (QED) is 0.431. The highest BCUT2D eigenvalue weighted by Gasteiger charge is 2.13. The maximum absolute atomic E-state index is 13.0. The van der Waals surface area contributed by atoms with Gasteiger partial charge in [0.1, 0.15) is 11.6 Å². The van der Waals surface area contributed by atoms with Gasteiger partial charge in [0.05, 0.1) is 11.4 Å². The third-order valence-electron chi connectivity index (χ3n) is 5.12. The number of sulfonamides is 1. The van der Waals surface area contributed by atoms with Gasteiger partial charge in [-0.2, -0.15) is 5.10 Å². The van der Waals surface area contributed by atoms with E-state index in [2.05, 4.69) is 20.0 Å². The average Bonchev–Trinajstić information content (AvgIpc) is 3.04. The number of nitrogens with zero attached hydrogens (tertiary/aromatic N) is 4. The molecule has 0 fully saturated rings. The van der Waals surface area contributed by atoms with Gasteiger partial charge in [0.15, 0.2) is 5.82 Å². The Balaban J connectivity index is 1.40. The zero-order chi connectivity index (χ0) is 23.6. The summed E-state index contributed by atoms with van der Waals surface area (Å²) in [6.07, 6.45) is 0. The SMILES string of the molecule is Cc1nn(-c2ccc(Oc3ccc(NS(=O)(=O)Cc4ccc(F)cc4)cc3)nn2)c(C)c1C. The lowest BCUT2D eigenvalue weighted by Crippen LogP contribution is -2.15. The molecule has 2 heterocycles. The molecular formula is C23H22FN5O3S. The predicted octanol–water partition coefficient (Wildman–Crippen LogP) is 4.46. The minimum Gasteiger partial charge on any atom is -0.438 e. The highest BCUT2D eigenvalue weighted by molar-refractivity contribution is 7.91. The molecule has 0 amide bonds. The first-order valence-electron chi connectivity index (χ1n) is 10.1. The molecule has 0 aliphatic heterocycles. The van der Waals surface area contributed by atoms with Crippen molar-refractivity contribution in [1.82, 2.24) is 20.0 Å². The molecule has 0 unspecified atom stereocenters. The smallest absolute Gasteiger partial charge is 0.238 e. The molecule has 10 heteroatoms. The first-order chi connectivity index (χ1) is 15.7. The minimum absolute atomic E-state index is 0.262. The van der Waals surface area contributed by atoms with Crippen LogP contribution in [0.1, 0.15) is 22.5 Å². The lowest BCUT2D eigenvalue weighted by molar-refractivity contribution is 0.454. The molecule has 0 radical (unpaired) electrons. The molecule has 0 bridgehead atoms. The van der Waals surface area contributed by atoms with E-state index < -0.39 is 15.8 Å². The van der Waals surface area contributed by atoms with Crippen LogP contribution in [0, 0.1) is 26.6 Å². The summed E-state index contributed by atoms with van der Waals surface area (Å²) in [5.41, 5.74) is 3.90. The fourth-order valence-corrected chi connectivity index (χ4v) is 4.35. The number of aryl methyl sites for hydroxylation is 1. The monoisotopic (exact) mass is 467 g/mol. The van der Waals surface area contributed by atoms with Gasteiger partial charge in [-0.15, -0.1) is 10.2 Å². The van der Waals surface area contributed by atoms with Crippen LogP contribution in [0.25, 0.3) is 5.82 Å². The van der Waals surface area contributed by atoms with Crippen LogP contribution in [0.5, 0.6) is 11.6 Å². The van der Waals surface area contributed by atoms with Crippen LogP contribution in [0.4, 0.5) is 10.1 Å². The number of ether oxygens (including phenoxy) is 1. The van der Waals surface area contributed by atoms with Crippen molar-refractivity contribution in [2.24, 2.45) is 0 Å². The molecular weight excluding hydrogens is 445 g/mol. The number of nitrogens with one attached hydrogen (secondary N) is 1. The zero-order valence-electron chi connectivity index (χ0n) is 18.3. The number of hydrogen-bond acceptors (Lipinski definition) is 6. The Bertz CT molecular complexity index is 1370. The lowest BCUT2D eigenvalue weighted by Gasteiger charge is -2.10. The molecule has 33 heavy (non-hydrogen) atoms. The summed E-state index contributed by atoms with van der Waals surface area (Å²) in [7, 11) is -3.65. The fourth-order valence-electron chi connectivity index (χ4n) is 3.15. The van der Waals surface area contributed by atoms with E-state index in [9.17, 15) is 12.8 Å². The number of anilines is 1. The number of rotatable bonds is 7. The van der Waals surface area contributed by atoms with Gasteiger partial charge in [0.2, 0.25) is 15.9 Å². The number of benzene rings is 2. The van der Waals surface area contributed by atoms with Gasteiger partial charge < -0.3 is 4.74 Å². The van der Waals surface area contributed by atoms with E-state index in [1.54, 1.807) is 41.1 Å². The molecule has 0 saturated heterocycles. The van der Waals surface area contributed by atoms with Gasteiger partial charge in [-0.1, -0.05) is 12.1 Å². The average molecular weight is 468 g/mol. The second kappa shape index (κ2) is 8.99. The Morgan fingerprint density at radius 3 is 2.21 bits per heavy atom. The summed E-state index contributed by atoms with van der Waals surface area (Å²) in [4.78, 5) is 0. The second-order valence-electron chi connectivity index (χ2n) is 7.55. The van der Waals surface area contributed by atoms with Crippen LogP contribution in [0.2, 0.25) is 0 Å². The van der Waals surface area contributed by atoms with Crippen LogP contribution in [0.3, 0.4) is 0 Å². The molecule has 2 aromatic carbocycles. The van der Waals surface area contributed by atoms with Crippen LogP contribution in [-0.4, -0.2) is 28.4 Å². The molecule has 4 aromatic rings. The number of hydrogen-bond donors (Lipinski definition) is 1. The molecule has 0 spiro atoms. The normalized spacial score (nSPS) is 11.4. The van der Waals surface area contributed by atoms with E-state index in [0.717, 1.165) is 17.0 Å². The molecule has 0 atom stereocenters. The topological polar surface area (TPSA) is 99.0 Å². The highest BCUT2D eigenvalue weighted by atomic mass is 32.2. The van der Waals surface area contributed by atoms with Gasteiger partial charge in [-0.25, -0.2) is 17.5 Å². The van der Waals surface area contributed by atoms with Crippen molar-refractivity contribution in [2.75, 3.05) is 4.72 Å². The van der Waals surface area contributed by atoms with Crippen molar-refractivity contribution < 1.29 is 17.5 Å². The first kappa shape index (κ1) is 22.4. The molecule has 0 saturated carbocycles. The Hall–Kier alpha value is -3.79. The molecule has 2 aromatic heterocycles. The number of halogens is 1. The summed E-state index contributed by atoms with van der Waals surface area (Å²) in [6, 6.07) is 15.2. The zero-order valence-corrected chi connectivity index (χ0v) is 19.1. The van der Waals surface area contributed by atoms with Gasteiger partial charge in [-0.3, -0.25) is 4.72 Å². The largest absolute Gasteiger partial charge is 0.438 e.